The molecule has 0 radical (unpaired) electrons. The molecule has 7 heteroatoms. The van der Waals surface area contributed by atoms with Gasteiger partial charge in [0.15, 0.2) is 0 Å². The summed E-state index contributed by atoms with van der Waals surface area (Å²) in [6.07, 6.45) is 6.02. The molecule has 0 aromatic carbocycles. The van der Waals surface area contributed by atoms with Gasteiger partial charge in [0.1, 0.15) is 17.6 Å². The number of nitriles is 1. The number of piperazine rings is 1. The zero-order valence-corrected chi connectivity index (χ0v) is 14.2. The van der Waals surface area contributed by atoms with Crippen molar-refractivity contribution in [3.05, 3.63) is 36.3 Å². The van der Waals surface area contributed by atoms with Crippen LogP contribution >= 0.6 is 0 Å². The second-order valence-corrected chi connectivity index (χ2v) is 6.39. The minimum atomic E-state index is 0.464. The van der Waals surface area contributed by atoms with Gasteiger partial charge < -0.3 is 14.7 Å². The van der Waals surface area contributed by atoms with Crippen molar-refractivity contribution in [2.75, 3.05) is 54.0 Å². The highest BCUT2D eigenvalue weighted by molar-refractivity contribution is 5.51. The lowest BCUT2D eigenvalue weighted by molar-refractivity contribution is 0.646. The molecule has 2 aromatic heterocycles. The minimum Gasteiger partial charge on any atom is -0.368 e. The molecule has 7 nitrogen and oxygen atoms in total. The van der Waals surface area contributed by atoms with Crippen LogP contribution in [0.5, 0.6) is 0 Å². The van der Waals surface area contributed by atoms with E-state index in [1.807, 2.05) is 24.4 Å². The van der Waals surface area contributed by atoms with Crippen molar-refractivity contribution >= 4 is 17.5 Å². The Kier molecular flexibility index (Phi) is 4.34. The second kappa shape index (κ2) is 6.93. The third-order valence-corrected chi connectivity index (χ3v) is 4.84. The zero-order chi connectivity index (χ0) is 17.1. The number of rotatable bonds is 3. The van der Waals surface area contributed by atoms with E-state index in [-0.39, 0.29) is 0 Å². The van der Waals surface area contributed by atoms with Crippen LogP contribution in [0.25, 0.3) is 0 Å². The van der Waals surface area contributed by atoms with Crippen LogP contribution in [0.15, 0.2) is 30.6 Å². The molecule has 4 heterocycles. The Hall–Kier alpha value is -2.88. The topological polar surface area (TPSA) is 72.2 Å². The molecule has 2 aromatic rings. The molecule has 4 rings (SSSR count). The molecule has 0 aliphatic carbocycles. The summed E-state index contributed by atoms with van der Waals surface area (Å²) in [5.41, 5.74) is 1.53. The molecule has 0 unspecified atom stereocenters. The van der Waals surface area contributed by atoms with Gasteiger partial charge in [0.2, 0.25) is 5.95 Å². The number of aromatic nitrogens is 3. The van der Waals surface area contributed by atoms with E-state index in [2.05, 4.69) is 30.7 Å². The number of hydrogen-bond donors (Lipinski definition) is 0. The monoisotopic (exact) mass is 335 g/mol. The van der Waals surface area contributed by atoms with Gasteiger partial charge in [-0.15, -0.1) is 0 Å². The molecule has 2 aliphatic heterocycles. The van der Waals surface area contributed by atoms with Crippen LogP contribution in [-0.4, -0.2) is 54.2 Å². The second-order valence-electron chi connectivity index (χ2n) is 6.39. The predicted molar refractivity (Wildman–Crippen MR) is 96.9 cm³/mol. The first-order chi connectivity index (χ1) is 12.3. The van der Waals surface area contributed by atoms with Crippen LogP contribution < -0.4 is 14.7 Å². The number of pyridine rings is 1. The first-order valence-electron chi connectivity index (χ1n) is 8.77. The van der Waals surface area contributed by atoms with Crippen molar-refractivity contribution in [2.45, 2.75) is 12.8 Å². The SMILES string of the molecule is N#Cc1cc(N2CCN(c3ccnc(N4CCCC4)n3)CC2)ccn1. The highest BCUT2D eigenvalue weighted by Gasteiger charge is 2.21. The number of nitrogens with zero attached hydrogens (tertiary/aromatic N) is 7. The molecule has 0 spiro atoms. The molecule has 0 saturated carbocycles. The van der Waals surface area contributed by atoms with Gasteiger partial charge in [-0.25, -0.2) is 9.97 Å². The molecule has 128 valence electrons. The molecular weight excluding hydrogens is 314 g/mol. The lowest BCUT2D eigenvalue weighted by atomic mass is 10.2. The Morgan fingerprint density at radius 3 is 2.32 bits per heavy atom. The van der Waals surface area contributed by atoms with Crippen LogP contribution in [0.1, 0.15) is 18.5 Å². The van der Waals surface area contributed by atoms with Crippen LogP contribution in [-0.2, 0) is 0 Å². The summed E-state index contributed by atoms with van der Waals surface area (Å²) in [6, 6.07) is 7.92. The zero-order valence-electron chi connectivity index (χ0n) is 14.2. The van der Waals surface area contributed by atoms with E-state index in [9.17, 15) is 0 Å². The summed E-state index contributed by atoms with van der Waals surface area (Å²) in [6.45, 7) is 5.72. The van der Waals surface area contributed by atoms with Gasteiger partial charge in [0.25, 0.3) is 0 Å². The molecule has 0 bridgehead atoms. The maximum atomic E-state index is 9.01. The van der Waals surface area contributed by atoms with Crippen molar-refractivity contribution in [3.63, 3.8) is 0 Å². The van der Waals surface area contributed by atoms with Gasteiger partial charge in [0.05, 0.1) is 0 Å². The first kappa shape index (κ1) is 15.6. The van der Waals surface area contributed by atoms with Crippen molar-refractivity contribution in [2.24, 2.45) is 0 Å². The van der Waals surface area contributed by atoms with Gasteiger partial charge in [-0.2, -0.15) is 10.2 Å². The van der Waals surface area contributed by atoms with Crippen LogP contribution in [0, 0.1) is 11.3 Å². The summed E-state index contributed by atoms with van der Waals surface area (Å²) >= 11 is 0. The smallest absolute Gasteiger partial charge is 0.227 e. The summed E-state index contributed by atoms with van der Waals surface area (Å²) in [5.74, 6) is 1.86. The maximum absolute atomic E-state index is 9.01. The summed E-state index contributed by atoms with van der Waals surface area (Å²) in [7, 11) is 0. The van der Waals surface area contributed by atoms with Crippen molar-refractivity contribution in [1.82, 2.24) is 15.0 Å². The van der Waals surface area contributed by atoms with E-state index in [1.54, 1.807) is 6.20 Å². The first-order valence-corrected chi connectivity index (χ1v) is 8.77. The average molecular weight is 335 g/mol. The average Bonchev–Trinajstić information content (AvgIpc) is 3.23. The maximum Gasteiger partial charge on any atom is 0.227 e. The highest BCUT2D eigenvalue weighted by atomic mass is 15.3. The van der Waals surface area contributed by atoms with Gasteiger partial charge in [-0.05, 0) is 31.0 Å². The van der Waals surface area contributed by atoms with E-state index < -0.39 is 0 Å². The van der Waals surface area contributed by atoms with Gasteiger partial charge >= 0.3 is 0 Å². The van der Waals surface area contributed by atoms with Gasteiger partial charge in [-0.1, -0.05) is 0 Å². The summed E-state index contributed by atoms with van der Waals surface area (Å²) in [5, 5.41) is 9.01. The minimum absolute atomic E-state index is 0.464. The molecule has 25 heavy (non-hydrogen) atoms. The molecule has 0 atom stereocenters. The molecule has 0 N–H and O–H groups in total. The van der Waals surface area contributed by atoms with E-state index >= 15 is 0 Å². The van der Waals surface area contributed by atoms with Gasteiger partial charge in [-0.3, -0.25) is 0 Å². The summed E-state index contributed by atoms with van der Waals surface area (Å²) < 4.78 is 0. The molecule has 2 aliphatic rings. The molecular formula is C18H21N7. The fourth-order valence-electron chi connectivity index (χ4n) is 3.46. The van der Waals surface area contributed by atoms with E-state index in [1.165, 1.54) is 12.8 Å². The Morgan fingerprint density at radius 1 is 0.840 bits per heavy atom. The lowest BCUT2D eigenvalue weighted by Gasteiger charge is -2.36. The predicted octanol–water partition coefficient (Wildman–Crippen LogP) is 1.67. The van der Waals surface area contributed by atoms with Crippen molar-refractivity contribution in [3.8, 4) is 6.07 Å². The number of anilines is 3. The Morgan fingerprint density at radius 2 is 1.56 bits per heavy atom. The Bertz CT molecular complexity index is 771. The fourth-order valence-corrected chi connectivity index (χ4v) is 3.46. The molecule has 0 amide bonds. The normalized spacial score (nSPS) is 17.6. The van der Waals surface area contributed by atoms with E-state index in [0.717, 1.165) is 56.7 Å². The molecule has 2 saturated heterocycles. The number of hydrogen-bond acceptors (Lipinski definition) is 7. The quantitative estimate of drug-likeness (QED) is 0.845. The fraction of sp³-hybridized carbons (Fsp3) is 0.444. The Balaban J connectivity index is 1.43. The van der Waals surface area contributed by atoms with Crippen molar-refractivity contribution in [1.29, 1.82) is 5.26 Å². The van der Waals surface area contributed by atoms with Crippen LogP contribution in [0.2, 0.25) is 0 Å². The summed E-state index contributed by atoms with van der Waals surface area (Å²) in [4.78, 5) is 20.1. The lowest BCUT2D eigenvalue weighted by Crippen LogP contribution is -2.47. The van der Waals surface area contributed by atoms with Gasteiger partial charge in [0, 0.05) is 57.3 Å². The third-order valence-electron chi connectivity index (χ3n) is 4.84. The largest absolute Gasteiger partial charge is 0.368 e. The standard InChI is InChI=1S/C18H21N7/c19-14-15-13-16(3-5-20-15)23-9-11-24(12-10-23)17-4-6-21-18(22-17)25-7-1-2-8-25/h3-6,13H,1-2,7-12H2. The molecule has 2 fully saturated rings. The third kappa shape index (κ3) is 3.33. The van der Waals surface area contributed by atoms with E-state index in [4.69, 9.17) is 10.2 Å². The Labute approximate surface area is 147 Å². The van der Waals surface area contributed by atoms with E-state index in [0.29, 0.717) is 5.69 Å². The van der Waals surface area contributed by atoms with Crippen LogP contribution in [0.3, 0.4) is 0 Å². The van der Waals surface area contributed by atoms with Crippen molar-refractivity contribution < 1.29 is 0 Å². The highest BCUT2D eigenvalue weighted by Crippen LogP contribution is 2.22. The van der Waals surface area contributed by atoms with Crippen LogP contribution in [0.4, 0.5) is 17.5 Å².